The van der Waals surface area contributed by atoms with Crippen LogP contribution in [0.15, 0.2) is 30.3 Å². The predicted molar refractivity (Wildman–Crippen MR) is 86.2 cm³/mol. The number of hydrogen-bond donors (Lipinski definition) is 4. The van der Waals surface area contributed by atoms with Crippen molar-refractivity contribution in [2.45, 2.75) is 38.1 Å². The van der Waals surface area contributed by atoms with Crippen molar-refractivity contribution < 1.29 is 9.59 Å². The summed E-state index contributed by atoms with van der Waals surface area (Å²) in [6, 6.07) is 9.37. The lowest BCUT2D eigenvalue weighted by Gasteiger charge is -2.12. The predicted octanol–water partition coefficient (Wildman–Crippen LogP) is 0.867. The molecule has 6 heteroatoms. The lowest BCUT2D eigenvalue weighted by Crippen LogP contribution is -2.37. The molecule has 6 nitrogen and oxygen atoms in total. The molecule has 1 aromatic rings. The van der Waals surface area contributed by atoms with E-state index in [0.29, 0.717) is 25.8 Å². The number of nitrogens with one attached hydrogen (secondary N) is 3. The molecule has 0 fully saturated rings. The van der Waals surface area contributed by atoms with Gasteiger partial charge in [0.1, 0.15) is 0 Å². The minimum absolute atomic E-state index is 0.100. The van der Waals surface area contributed by atoms with Gasteiger partial charge in [0.15, 0.2) is 5.96 Å². The normalized spacial score (nSPS) is 11.5. The number of aryl methyl sites for hydroxylation is 1. The largest absolute Gasteiger partial charge is 0.370 e. The van der Waals surface area contributed by atoms with Crippen molar-refractivity contribution in [1.82, 2.24) is 10.6 Å². The molecule has 0 aliphatic rings. The molecule has 1 rings (SSSR count). The van der Waals surface area contributed by atoms with Crippen LogP contribution in [0.1, 0.15) is 31.2 Å². The maximum Gasteiger partial charge on any atom is 0.222 e. The average Bonchev–Trinajstić information content (AvgIpc) is 2.51. The van der Waals surface area contributed by atoms with Crippen molar-refractivity contribution in [3.63, 3.8) is 0 Å². The Bertz CT molecular complexity index is 476. The van der Waals surface area contributed by atoms with E-state index in [9.17, 15) is 9.59 Å². The molecule has 0 heterocycles. The molecular weight excluding hydrogens is 280 g/mol. The fourth-order valence-corrected chi connectivity index (χ4v) is 2.05. The van der Waals surface area contributed by atoms with Crippen molar-refractivity contribution >= 4 is 18.2 Å². The fourth-order valence-electron chi connectivity index (χ4n) is 2.05. The molecule has 0 spiro atoms. The van der Waals surface area contributed by atoms with E-state index in [1.807, 2.05) is 36.6 Å². The lowest BCUT2D eigenvalue weighted by molar-refractivity contribution is -0.121. The number of rotatable bonds is 10. The number of benzene rings is 1. The van der Waals surface area contributed by atoms with E-state index in [2.05, 4.69) is 10.6 Å². The Labute approximate surface area is 131 Å². The molecule has 0 bridgehead atoms. The van der Waals surface area contributed by atoms with Crippen molar-refractivity contribution in [1.29, 1.82) is 5.41 Å². The molecule has 1 amide bonds. The summed E-state index contributed by atoms with van der Waals surface area (Å²) in [5, 5.41) is 12.3. The third-order valence-corrected chi connectivity index (χ3v) is 3.17. The third kappa shape index (κ3) is 8.04. The Balaban J connectivity index is 2.18. The molecule has 1 radical (unpaired) electrons. The zero-order valence-corrected chi connectivity index (χ0v) is 12.6. The molecule has 1 aromatic carbocycles. The molecule has 22 heavy (non-hydrogen) atoms. The minimum atomic E-state index is -0.599. The summed E-state index contributed by atoms with van der Waals surface area (Å²) >= 11 is 0. The Morgan fingerprint density at radius 3 is 2.64 bits per heavy atom. The van der Waals surface area contributed by atoms with Crippen LogP contribution in [0.4, 0.5) is 0 Å². The highest BCUT2D eigenvalue weighted by atomic mass is 16.2. The zero-order valence-electron chi connectivity index (χ0n) is 12.6. The summed E-state index contributed by atoms with van der Waals surface area (Å²) in [6.45, 7) is 0.497. The van der Waals surface area contributed by atoms with Crippen LogP contribution >= 0.6 is 0 Å². The Morgan fingerprint density at radius 2 is 2.00 bits per heavy atom. The SMILES string of the molecule is N=C(N)NCCC[C@@H]([C]=O)NC(=O)CCCc1ccccc1. The number of guanidine groups is 1. The van der Waals surface area contributed by atoms with Crippen LogP contribution < -0.4 is 16.4 Å². The third-order valence-electron chi connectivity index (χ3n) is 3.17. The lowest BCUT2D eigenvalue weighted by atomic mass is 10.1. The van der Waals surface area contributed by atoms with Gasteiger partial charge in [-0.1, -0.05) is 30.3 Å². The van der Waals surface area contributed by atoms with Crippen LogP contribution in [0.5, 0.6) is 0 Å². The van der Waals surface area contributed by atoms with Gasteiger partial charge in [-0.15, -0.1) is 0 Å². The Kier molecular flexibility index (Phi) is 8.33. The highest BCUT2D eigenvalue weighted by molar-refractivity contribution is 5.79. The van der Waals surface area contributed by atoms with Gasteiger partial charge in [0.05, 0.1) is 6.04 Å². The Morgan fingerprint density at radius 1 is 1.27 bits per heavy atom. The van der Waals surface area contributed by atoms with Crippen molar-refractivity contribution in [2.24, 2.45) is 5.73 Å². The van der Waals surface area contributed by atoms with E-state index in [-0.39, 0.29) is 11.9 Å². The fraction of sp³-hybridized carbons (Fsp3) is 0.438. The molecular formula is C16H23N4O2. The summed E-state index contributed by atoms with van der Waals surface area (Å²) in [5.74, 6) is -0.236. The molecule has 119 valence electrons. The standard InChI is InChI=1S/C16H23N4O2/c17-16(18)19-11-5-9-14(12-21)20-15(22)10-4-8-13-6-2-1-3-7-13/h1-3,6-7,14H,4-5,8-11H2,(H,20,22)(H4,17,18,19)/t14-/m0/s1. The maximum atomic E-state index is 11.8. The number of carbonyl (C=O) groups excluding carboxylic acids is 2. The smallest absolute Gasteiger partial charge is 0.222 e. The van der Waals surface area contributed by atoms with Crippen molar-refractivity contribution in [3.8, 4) is 0 Å². The average molecular weight is 303 g/mol. The van der Waals surface area contributed by atoms with Crippen LogP contribution in [0.2, 0.25) is 0 Å². The van der Waals surface area contributed by atoms with Gasteiger partial charge in [-0.3, -0.25) is 15.0 Å². The number of carbonyl (C=O) groups is 1. The summed E-state index contributed by atoms with van der Waals surface area (Å²) in [6.07, 6.45) is 4.91. The van der Waals surface area contributed by atoms with Gasteiger partial charge in [0, 0.05) is 13.0 Å². The first kappa shape index (κ1) is 17.7. The first-order valence-electron chi connectivity index (χ1n) is 7.40. The molecule has 0 saturated heterocycles. The second kappa shape index (κ2) is 10.4. The molecule has 0 aliphatic heterocycles. The maximum absolute atomic E-state index is 11.8. The summed E-state index contributed by atoms with van der Waals surface area (Å²) in [5.41, 5.74) is 6.35. The van der Waals surface area contributed by atoms with E-state index in [0.717, 1.165) is 12.8 Å². The quantitative estimate of drug-likeness (QED) is 0.292. The minimum Gasteiger partial charge on any atom is -0.370 e. The Hall–Kier alpha value is -2.37. The van der Waals surface area contributed by atoms with Gasteiger partial charge in [-0.05, 0) is 31.2 Å². The van der Waals surface area contributed by atoms with Crippen LogP contribution in [0.25, 0.3) is 0 Å². The van der Waals surface area contributed by atoms with Crippen LogP contribution in [-0.4, -0.2) is 30.7 Å². The molecule has 0 saturated carbocycles. The van der Waals surface area contributed by atoms with Crippen molar-refractivity contribution in [2.75, 3.05) is 6.54 Å². The van der Waals surface area contributed by atoms with Gasteiger partial charge in [0.25, 0.3) is 0 Å². The topological polar surface area (TPSA) is 108 Å². The van der Waals surface area contributed by atoms with Gasteiger partial charge >= 0.3 is 0 Å². The van der Waals surface area contributed by atoms with E-state index < -0.39 is 6.04 Å². The van der Waals surface area contributed by atoms with Gasteiger partial charge in [-0.25, -0.2) is 0 Å². The molecule has 5 N–H and O–H groups in total. The van der Waals surface area contributed by atoms with Crippen LogP contribution in [-0.2, 0) is 16.0 Å². The van der Waals surface area contributed by atoms with E-state index in [4.69, 9.17) is 11.1 Å². The number of amides is 1. The highest BCUT2D eigenvalue weighted by Crippen LogP contribution is 2.04. The van der Waals surface area contributed by atoms with Gasteiger partial charge < -0.3 is 16.4 Å². The summed E-state index contributed by atoms with van der Waals surface area (Å²) in [4.78, 5) is 22.6. The number of nitrogens with two attached hydrogens (primary N) is 1. The molecule has 0 aliphatic carbocycles. The van der Waals surface area contributed by atoms with Crippen molar-refractivity contribution in [3.05, 3.63) is 35.9 Å². The highest BCUT2D eigenvalue weighted by Gasteiger charge is 2.11. The van der Waals surface area contributed by atoms with E-state index in [1.54, 1.807) is 0 Å². The molecule has 1 atom stereocenters. The summed E-state index contributed by atoms with van der Waals surface area (Å²) < 4.78 is 0. The second-order valence-electron chi connectivity index (χ2n) is 5.06. The molecule has 0 unspecified atom stereocenters. The van der Waals surface area contributed by atoms with Gasteiger partial charge in [0.2, 0.25) is 12.2 Å². The molecule has 0 aromatic heterocycles. The first-order valence-corrected chi connectivity index (χ1v) is 7.40. The van der Waals surface area contributed by atoms with Gasteiger partial charge in [-0.2, -0.15) is 0 Å². The monoisotopic (exact) mass is 303 g/mol. The first-order chi connectivity index (χ1) is 10.6. The van der Waals surface area contributed by atoms with Crippen LogP contribution in [0.3, 0.4) is 0 Å². The second-order valence-corrected chi connectivity index (χ2v) is 5.06. The van der Waals surface area contributed by atoms with E-state index in [1.165, 1.54) is 5.56 Å². The number of hydrogen-bond acceptors (Lipinski definition) is 3. The van der Waals surface area contributed by atoms with E-state index >= 15 is 0 Å². The zero-order chi connectivity index (χ0) is 16.2. The van der Waals surface area contributed by atoms with Crippen LogP contribution in [0, 0.1) is 5.41 Å². The summed E-state index contributed by atoms with van der Waals surface area (Å²) in [7, 11) is 0.